The van der Waals surface area contributed by atoms with Gasteiger partial charge in [0, 0.05) is 17.3 Å². The van der Waals surface area contributed by atoms with Crippen molar-refractivity contribution < 1.29 is 4.79 Å². The summed E-state index contributed by atoms with van der Waals surface area (Å²) in [7, 11) is 1.71. The third-order valence-corrected chi connectivity index (χ3v) is 6.45. The van der Waals surface area contributed by atoms with Crippen LogP contribution in [0.15, 0.2) is 58.7 Å². The Labute approximate surface area is 174 Å². The van der Waals surface area contributed by atoms with E-state index >= 15 is 0 Å². The second-order valence-corrected chi connectivity index (χ2v) is 9.04. The Kier molecular flexibility index (Phi) is 5.30. The van der Waals surface area contributed by atoms with Crippen LogP contribution in [-0.2, 0) is 17.9 Å². The number of nitrogens with zero attached hydrogens (tertiary/aromatic N) is 3. The first-order valence-corrected chi connectivity index (χ1v) is 10.6. The first-order chi connectivity index (χ1) is 13.5. The highest BCUT2D eigenvalue weighted by Crippen LogP contribution is 2.28. The molecule has 0 aliphatic heterocycles. The molecule has 0 spiro atoms. The van der Waals surface area contributed by atoms with E-state index in [-0.39, 0.29) is 18.0 Å². The lowest BCUT2D eigenvalue weighted by molar-refractivity contribution is -0.131. The van der Waals surface area contributed by atoms with E-state index in [2.05, 4.69) is 5.10 Å². The van der Waals surface area contributed by atoms with Crippen molar-refractivity contribution in [2.45, 2.75) is 13.1 Å². The molecular formula is C20H16ClN3O2S2. The van der Waals surface area contributed by atoms with Gasteiger partial charge in [0.2, 0.25) is 5.91 Å². The number of halogens is 1. The number of rotatable bonds is 5. The summed E-state index contributed by atoms with van der Waals surface area (Å²) >= 11 is 8.94. The molecule has 4 aromatic rings. The van der Waals surface area contributed by atoms with Crippen LogP contribution in [-0.4, -0.2) is 27.6 Å². The zero-order valence-electron chi connectivity index (χ0n) is 15.0. The fourth-order valence-electron chi connectivity index (χ4n) is 2.95. The summed E-state index contributed by atoms with van der Waals surface area (Å²) in [6, 6.07) is 15.0. The number of carbonyl (C=O) groups excluding carboxylic acids is 1. The normalized spacial score (nSPS) is 11.1. The Morgan fingerprint density at radius 1 is 1.14 bits per heavy atom. The summed E-state index contributed by atoms with van der Waals surface area (Å²) < 4.78 is 1.95. The molecule has 0 N–H and O–H groups in total. The lowest BCUT2D eigenvalue weighted by atomic mass is 10.1. The lowest BCUT2D eigenvalue weighted by Gasteiger charge is -2.17. The van der Waals surface area contributed by atoms with E-state index in [1.54, 1.807) is 29.4 Å². The number of likely N-dealkylation sites (N-methyl/N-ethyl adjacent to an activating group) is 1. The van der Waals surface area contributed by atoms with Gasteiger partial charge in [0.15, 0.2) is 0 Å². The van der Waals surface area contributed by atoms with Crippen molar-refractivity contribution in [1.29, 1.82) is 0 Å². The van der Waals surface area contributed by atoms with Crippen LogP contribution in [0.4, 0.5) is 0 Å². The van der Waals surface area contributed by atoms with Crippen LogP contribution >= 0.6 is 34.3 Å². The van der Waals surface area contributed by atoms with Gasteiger partial charge in [-0.1, -0.05) is 35.9 Å². The minimum Gasteiger partial charge on any atom is -0.339 e. The van der Waals surface area contributed by atoms with E-state index in [9.17, 15) is 9.59 Å². The smallest absolute Gasteiger partial charge is 0.275 e. The molecule has 1 amide bonds. The molecule has 0 saturated carbocycles. The predicted molar refractivity (Wildman–Crippen MR) is 115 cm³/mol. The molecular weight excluding hydrogens is 414 g/mol. The number of amides is 1. The van der Waals surface area contributed by atoms with Crippen molar-refractivity contribution in [3.05, 3.63) is 73.5 Å². The first kappa shape index (κ1) is 18.9. The average Bonchev–Trinajstić information content (AvgIpc) is 3.36. The summed E-state index contributed by atoms with van der Waals surface area (Å²) in [4.78, 5) is 29.1. The summed E-state index contributed by atoms with van der Waals surface area (Å²) in [5.74, 6) is -0.188. The highest BCUT2D eigenvalue weighted by Gasteiger charge is 2.17. The molecule has 0 radical (unpaired) electrons. The third kappa shape index (κ3) is 3.73. The molecule has 4 rings (SSSR count). The zero-order chi connectivity index (χ0) is 19.7. The van der Waals surface area contributed by atoms with Crippen LogP contribution in [0.5, 0.6) is 0 Å². The Morgan fingerprint density at radius 3 is 2.61 bits per heavy atom. The summed E-state index contributed by atoms with van der Waals surface area (Å²) in [6.07, 6.45) is 0. The molecule has 0 unspecified atom stereocenters. The van der Waals surface area contributed by atoms with Gasteiger partial charge < -0.3 is 4.90 Å². The minimum absolute atomic E-state index is 0.113. The van der Waals surface area contributed by atoms with Crippen molar-refractivity contribution in [2.75, 3.05) is 7.05 Å². The predicted octanol–water partition coefficient (Wildman–Crippen LogP) is 4.50. The molecule has 142 valence electrons. The highest BCUT2D eigenvalue weighted by molar-refractivity contribution is 7.16. The zero-order valence-corrected chi connectivity index (χ0v) is 17.4. The SMILES string of the molecule is CN(Cc1ccc(Cl)s1)C(=O)Cn1nc(-c2cccs2)c2ccccc2c1=O. The van der Waals surface area contributed by atoms with Crippen molar-refractivity contribution in [3.8, 4) is 10.6 Å². The Hall–Kier alpha value is -2.48. The number of benzene rings is 1. The van der Waals surface area contributed by atoms with E-state index in [1.165, 1.54) is 16.0 Å². The quantitative estimate of drug-likeness (QED) is 0.469. The number of fused-ring (bicyclic) bond motifs is 1. The fraction of sp³-hybridized carbons (Fsp3) is 0.150. The number of hydrogen-bond acceptors (Lipinski definition) is 5. The van der Waals surface area contributed by atoms with Gasteiger partial charge in [-0.3, -0.25) is 9.59 Å². The first-order valence-electron chi connectivity index (χ1n) is 8.55. The Bertz CT molecular complexity index is 1200. The van der Waals surface area contributed by atoms with Crippen LogP contribution in [0.1, 0.15) is 4.88 Å². The van der Waals surface area contributed by atoms with Crippen LogP contribution in [0.25, 0.3) is 21.3 Å². The van der Waals surface area contributed by atoms with Gasteiger partial charge >= 0.3 is 0 Å². The molecule has 1 aromatic carbocycles. The number of hydrogen-bond donors (Lipinski definition) is 0. The largest absolute Gasteiger partial charge is 0.339 e. The lowest BCUT2D eigenvalue weighted by Crippen LogP contribution is -2.34. The van der Waals surface area contributed by atoms with E-state index < -0.39 is 0 Å². The molecule has 5 nitrogen and oxygen atoms in total. The average molecular weight is 430 g/mol. The molecule has 3 aromatic heterocycles. The monoisotopic (exact) mass is 429 g/mol. The topological polar surface area (TPSA) is 55.2 Å². The third-order valence-electron chi connectivity index (χ3n) is 4.35. The number of carbonyl (C=O) groups is 1. The van der Waals surface area contributed by atoms with Gasteiger partial charge in [0.1, 0.15) is 12.2 Å². The van der Waals surface area contributed by atoms with Gasteiger partial charge in [-0.05, 0) is 29.6 Å². The maximum absolute atomic E-state index is 12.9. The van der Waals surface area contributed by atoms with Gasteiger partial charge in [-0.25, -0.2) is 4.68 Å². The highest BCUT2D eigenvalue weighted by atomic mass is 35.5. The van der Waals surface area contributed by atoms with Crippen molar-refractivity contribution in [1.82, 2.24) is 14.7 Å². The van der Waals surface area contributed by atoms with Gasteiger partial charge in [0.25, 0.3) is 5.56 Å². The second kappa shape index (κ2) is 7.87. The van der Waals surface area contributed by atoms with E-state index in [0.29, 0.717) is 22.0 Å². The molecule has 0 aliphatic carbocycles. The minimum atomic E-state index is -0.267. The van der Waals surface area contributed by atoms with E-state index in [1.807, 2.05) is 47.8 Å². The molecule has 8 heteroatoms. The molecule has 0 atom stereocenters. The Morgan fingerprint density at radius 2 is 1.93 bits per heavy atom. The van der Waals surface area contributed by atoms with E-state index in [4.69, 9.17) is 11.6 Å². The van der Waals surface area contributed by atoms with E-state index in [0.717, 1.165) is 15.1 Å². The van der Waals surface area contributed by atoms with Crippen molar-refractivity contribution in [3.63, 3.8) is 0 Å². The summed E-state index contributed by atoms with van der Waals surface area (Å²) in [5, 5.41) is 7.84. The van der Waals surface area contributed by atoms with Gasteiger partial charge in [-0.2, -0.15) is 5.10 Å². The second-order valence-electron chi connectivity index (χ2n) is 6.29. The van der Waals surface area contributed by atoms with Crippen LogP contribution in [0.2, 0.25) is 4.34 Å². The molecule has 0 bridgehead atoms. The number of thiophene rings is 2. The molecule has 0 saturated heterocycles. The fourth-order valence-corrected chi connectivity index (χ4v) is 4.81. The molecule has 28 heavy (non-hydrogen) atoms. The Balaban J connectivity index is 1.67. The standard InChI is InChI=1S/C20H16ClN3O2S2/c1-23(11-13-8-9-17(21)28-13)18(25)12-24-20(26)15-6-3-2-5-14(15)19(22-24)16-7-4-10-27-16/h2-10H,11-12H2,1H3. The van der Waals surface area contributed by atoms with Crippen molar-refractivity contribution in [2.24, 2.45) is 0 Å². The molecule has 0 fully saturated rings. The summed E-state index contributed by atoms with van der Waals surface area (Å²) in [6.45, 7) is 0.327. The van der Waals surface area contributed by atoms with Crippen LogP contribution in [0.3, 0.4) is 0 Å². The molecule has 3 heterocycles. The number of aromatic nitrogens is 2. The summed E-state index contributed by atoms with van der Waals surface area (Å²) in [5.41, 5.74) is 0.447. The van der Waals surface area contributed by atoms with Crippen LogP contribution < -0.4 is 5.56 Å². The van der Waals surface area contributed by atoms with Crippen LogP contribution in [0, 0.1) is 0 Å². The molecule has 0 aliphatic rings. The van der Waals surface area contributed by atoms with Gasteiger partial charge in [-0.15, -0.1) is 22.7 Å². The van der Waals surface area contributed by atoms with Crippen molar-refractivity contribution >= 4 is 51.0 Å². The maximum atomic E-state index is 12.9. The maximum Gasteiger partial charge on any atom is 0.275 e. The van der Waals surface area contributed by atoms with Gasteiger partial charge in [0.05, 0.1) is 21.1 Å².